The van der Waals surface area contributed by atoms with Crippen LogP contribution >= 0.6 is 11.3 Å². The van der Waals surface area contributed by atoms with Crippen LogP contribution in [0, 0.1) is 5.82 Å². The number of hydrogen-bond acceptors (Lipinski definition) is 8. The molecule has 1 saturated heterocycles. The largest absolute Gasteiger partial charge is 0.369 e. The van der Waals surface area contributed by atoms with Gasteiger partial charge < -0.3 is 15.2 Å². The molecule has 0 spiro atoms. The lowest BCUT2D eigenvalue weighted by atomic mass is 10.0. The van der Waals surface area contributed by atoms with Crippen molar-refractivity contribution in [2.45, 2.75) is 6.17 Å². The SMILES string of the molecule is Fc1c(-c2cncnc2)cnc2c1C(c1nc3c(-c4cccs4)nccc3[nH]1)=CNC1CN21. The average molecular weight is 454 g/mol. The van der Waals surface area contributed by atoms with E-state index in [9.17, 15) is 0 Å². The van der Waals surface area contributed by atoms with Gasteiger partial charge in [0.25, 0.3) is 0 Å². The molecule has 10 heteroatoms. The van der Waals surface area contributed by atoms with Crippen molar-refractivity contribution >= 4 is 33.8 Å². The fourth-order valence-corrected chi connectivity index (χ4v) is 4.91. The Morgan fingerprint density at radius 1 is 1.12 bits per heavy atom. The summed E-state index contributed by atoms with van der Waals surface area (Å²) in [6.07, 6.45) is 9.79. The summed E-state index contributed by atoms with van der Waals surface area (Å²) < 4.78 is 16.1. The quantitative estimate of drug-likeness (QED) is 0.400. The van der Waals surface area contributed by atoms with Crippen LogP contribution in [-0.2, 0) is 0 Å². The van der Waals surface area contributed by atoms with Crippen LogP contribution in [0.15, 0.2) is 60.9 Å². The van der Waals surface area contributed by atoms with Gasteiger partial charge in [-0.15, -0.1) is 11.3 Å². The molecule has 0 radical (unpaired) electrons. The van der Waals surface area contributed by atoms with Gasteiger partial charge in [0.15, 0.2) is 0 Å². The maximum Gasteiger partial charge on any atom is 0.144 e. The standard InChI is InChI=1S/C23H15FN8S/c24-19-13(12-6-25-11-26-7-12)8-29-23-18(19)14(9-28-17-10-32(17)23)22-30-15-3-4-27-21(20(15)31-22)16-2-1-5-33-16/h1-9,11,17,28H,10H2,(H,30,31). The smallest absolute Gasteiger partial charge is 0.144 e. The van der Waals surface area contributed by atoms with Crippen LogP contribution in [0.25, 0.3) is 38.3 Å². The highest BCUT2D eigenvalue weighted by Crippen LogP contribution is 2.41. The van der Waals surface area contributed by atoms with Crippen molar-refractivity contribution in [1.82, 2.24) is 35.2 Å². The number of imidazole rings is 1. The third-order valence-electron chi connectivity index (χ3n) is 5.85. The van der Waals surface area contributed by atoms with Gasteiger partial charge in [-0.05, 0) is 17.5 Å². The summed E-state index contributed by atoms with van der Waals surface area (Å²) in [5.41, 5.74) is 4.29. The van der Waals surface area contributed by atoms with Crippen molar-refractivity contribution in [1.29, 1.82) is 0 Å². The Balaban J connectivity index is 1.44. The second kappa shape index (κ2) is 6.91. The predicted molar refractivity (Wildman–Crippen MR) is 124 cm³/mol. The Morgan fingerprint density at radius 3 is 2.88 bits per heavy atom. The third kappa shape index (κ3) is 2.84. The van der Waals surface area contributed by atoms with Gasteiger partial charge in [-0.3, -0.25) is 4.98 Å². The molecule has 2 aliphatic rings. The Kier molecular flexibility index (Phi) is 3.85. The van der Waals surface area contributed by atoms with Crippen LogP contribution in [0.4, 0.5) is 10.2 Å². The molecule has 160 valence electrons. The highest BCUT2D eigenvalue weighted by Gasteiger charge is 2.40. The van der Waals surface area contributed by atoms with Crippen LogP contribution in [-0.4, -0.2) is 42.6 Å². The number of halogens is 1. The van der Waals surface area contributed by atoms with Gasteiger partial charge in [0.1, 0.15) is 41.2 Å². The Labute approximate surface area is 190 Å². The van der Waals surface area contributed by atoms with E-state index >= 15 is 4.39 Å². The molecule has 7 rings (SSSR count). The Bertz CT molecular complexity index is 1540. The lowest BCUT2D eigenvalue weighted by molar-refractivity contribution is 0.625. The first kappa shape index (κ1) is 18.4. The van der Waals surface area contributed by atoms with Crippen molar-refractivity contribution in [2.24, 2.45) is 0 Å². The molecular weight excluding hydrogens is 439 g/mol. The number of anilines is 1. The molecular formula is C23H15FN8S. The molecule has 2 aliphatic heterocycles. The maximum absolute atomic E-state index is 16.1. The van der Waals surface area contributed by atoms with Gasteiger partial charge >= 0.3 is 0 Å². The Morgan fingerprint density at radius 2 is 2.03 bits per heavy atom. The lowest BCUT2D eigenvalue weighted by Gasteiger charge is -2.14. The van der Waals surface area contributed by atoms with E-state index in [1.165, 1.54) is 6.33 Å². The number of nitrogens with zero attached hydrogens (tertiary/aromatic N) is 6. The minimum Gasteiger partial charge on any atom is -0.369 e. The highest BCUT2D eigenvalue weighted by molar-refractivity contribution is 7.13. The van der Waals surface area contributed by atoms with Crippen LogP contribution in [0.2, 0.25) is 0 Å². The van der Waals surface area contributed by atoms with E-state index in [2.05, 4.69) is 30.2 Å². The lowest BCUT2D eigenvalue weighted by Crippen LogP contribution is -2.14. The summed E-state index contributed by atoms with van der Waals surface area (Å²) in [5, 5.41) is 5.35. The van der Waals surface area contributed by atoms with Gasteiger partial charge in [0.05, 0.1) is 22.5 Å². The van der Waals surface area contributed by atoms with Gasteiger partial charge in [-0.25, -0.2) is 24.3 Å². The normalized spacial score (nSPS) is 16.6. The van der Waals surface area contributed by atoms with Crippen LogP contribution < -0.4 is 10.2 Å². The van der Waals surface area contributed by atoms with E-state index in [1.807, 2.05) is 34.7 Å². The summed E-state index contributed by atoms with van der Waals surface area (Å²) in [5.74, 6) is 0.757. The maximum atomic E-state index is 16.1. The summed E-state index contributed by atoms with van der Waals surface area (Å²) in [7, 11) is 0. The molecule has 0 saturated carbocycles. The number of fused-ring (bicyclic) bond motifs is 4. The second-order valence-electron chi connectivity index (χ2n) is 7.82. The summed E-state index contributed by atoms with van der Waals surface area (Å²) in [6, 6.07) is 5.88. The fourth-order valence-electron chi connectivity index (χ4n) is 4.19. The van der Waals surface area contributed by atoms with E-state index in [4.69, 9.17) is 4.98 Å². The van der Waals surface area contributed by atoms with Gasteiger partial charge in [0, 0.05) is 47.7 Å². The summed E-state index contributed by atoms with van der Waals surface area (Å²) >= 11 is 1.60. The molecule has 5 aromatic rings. The monoisotopic (exact) mass is 454 g/mol. The zero-order chi connectivity index (χ0) is 21.9. The molecule has 1 unspecified atom stereocenters. The zero-order valence-electron chi connectivity index (χ0n) is 17.0. The topological polar surface area (TPSA) is 95.3 Å². The molecule has 1 atom stereocenters. The summed E-state index contributed by atoms with van der Waals surface area (Å²) in [4.78, 5) is 28.5. The van der Waals surface area contributed by atoms with Gasteiger partial charge in [0.2, 0.25) is 0 Å². The van der Waals surface area contributed by atoms with Crippen molar-refractivity contribution in [3.05, 3.63) is 78.1 Å². The van der Waals surface area contributed by atoms with E-state index in [-0.39, 0.29) is 12.0 Å². The molecule has 0 amide bonds. The first-order chi connectivity index (χ1) is 16.3. The molecule has 5 aromatic heterocycles. The van der Waals surface area contributed by atoms with Crippen LogP contribution in [0.1, 0.15) is 11.4 Å². The first-order valence-electron chi connectivity index (χ1n) is 10.3. The molecule has 0 aromatic carbocycles. The second-order valence-corrected chi connectivity index (χ2v) is 8.77. The number of H-pyrrole nitrogens is 1. The predicted octanol–water partition coefficient (Wildman–Crippen LogP) is 3.82. The number of aromatic nitrogens is 6. The minimum atomic E-state index is -0.382. The number of rotatable bonds is 3. The number of nitrogens with one attached hydrogen (secondary N) is 2. The average Bonchev–Trinajstić information content (AvgIpc) is 3.22. The number of thiophene rings is 1. The molecule has 33 heavy (non-hydrogen) atoms. The van der Waals surface area contributed by atoms with E-state index < -0.39 is 0 Å². The molecule has 8 nitrogen and oxygen atoms in total. The highest BCUT2D eigenvalue weighted by atomic mass is 32.1. The number of pyridine rings is 2. The zero-order valence-corrected chi connectivity index (χ0v) is 17.8. The van der Waals surface area contributed by atoms with Gasteiger partial charge in [-0.1, -0.05) is 6.07 Å². The first-order valence-corrected chi connectivity index (χ1v) is 11.2. The van der Waals surface area contributed by atoms with Crippen molar-refractivity contribution in [2.75, 3.05) is 11.4 Å². The van der Waals surface area contributed by atoms with Crippen molar-refractivity contribution < 1.29 is 4.39 Å². The fraction of sp³-hybridized carbons (Fsp3) is 0.0870. The molecule has 0 aliphatic carbocycles. The van der Waals surface area contributed by atoms with Crippen LogP contribution in [0.3, 0.4) is 0 Å². The third-order valence-corrected chi connectivity index (χ3v) is 6.73. The Hall–Kier alpha value is -4.18. The van der Waals surface area contributed by atoms with Crippen molar-refractivity contribution in [3.8, 4) is 21.7 Å². The molecule has 7 heterocycles. The minimum absolute atomic E-state index is 0.0896. The summed E-state index contributed by atoms with van der Waals surface area (Å²) in [6.45, 7) is 0.767. The molecule has 0 bridgehead atoms. The molecule has 1 fully saturated rings. The molecule has 2 N–H and O–H groups in total. The van der Waals surface area contributed by atoms with Crippen LogP contribution in [0.5, 0.6) is 0 Å². The van der Waals surface area contributed by atoms with E-state index in [1.54, 1.807) is 36.1 Å². The number of aromatic amines is 1. The van der Waals surface area contributed by atoms with E-state index in [0.29, 0.717) is 33.9 Å². The van der Waals surface area contributed by atoms with Crippen molar-refractivity contribution in [3.63, 3.8) is 0 Å². The van der Waals surface area contributed by atoms with E-state index in [0.717, 1.165) is 28.1 Å². The number of hydrogen-bond donors (Lipinski definition) is 2. The van der Waals surface area contributed by atoms with Gasteiger partial charge in [-0.2, -0.15) is 0 Å².